The number of benzene rings is 1. The molecule has 20 heavy (non-hydrogen) atoms. The van der Waals surface area contributed by atoms with Gasteiger partial charge in [-0.3, -0.25) is 5.10 Å². The fourth-order valence-corrected chi connectivity index (χ4v) is 2.26. The molecule has 0 saturated carbocycles. The molecule has 9 heteroatoms. The van der Waals surface area contributed by atoms with E-state index in [9.17, 15) is 8.42 Å². The second kappa shape index (κ2) is 5.88. The number of nitrogens with two attached hydrogens (primary N) is 2. The van der Waals surface area contributed by atoms with Gasteiger partial charge in [0.2, 0.25) is 10.0 Å². The van der Waals surface area contributed by atoms with Gasteiger partial charge in [0.05, 0.1) is 16.3 Å². The quantitative estimate of drug-likeness (QED) is 0.439. The summed E-state index contributed by atoms with van der Waals surface area (Å²) < 4.78 is 22.3. The number of sulfonamides is 1. The van der Waals surface area contributed by atoms with Crippen molar-refractivity contribution < 1.29 is 8.42 Å². The lowest BCUT2D eigenvalue weighted by Crippen LogP contribution is -2.13. The molecule has 0 fully saturated rings. The number of hydrogen-bond acceptors (Lipinski definition) is 6. The van der Waals surface area contributed by atoms with Gasteiger partial charge in [-0.05, 0) is 24.6 Å². The first-order valence-electron chi connectivity index (χ1n) is 5.97. The van der Waals surface area contributed by atoms with Crippen LogP contribution in [0.2, 0.25) is 0 Å². The lowest BCUT2D eigenvalue weighted by Gasteiger charge is -2.10. The third-order valence-corrected chi connectivity index (χ3v) is 3.63. The number of primary sulfonamides is 1. The fraction of sp³-hybridized carbons (Fsp3) is 0.273. The maximum absolute atomic E-state index is 11.2. The SMILES string of the molecule is Nc1cc(S(N)(=O)=O)ccc1NCCCc1ncn[nH]1. The van der Waals surface area contributed by atoms with E-state index in [1.165, 1.54) is 18.5 Å². The van der Waals surface area contributed by atoms with Gasteiger partial charge in [-0.2, -0.15) is 5.10 Å². The molecule has 1 aromatic carbocycles. The normalized spacial score (nSPS) is 11.4. The van der Waals surface area contributed by atoms with Crippen molar-refractivity contribution in [2.45, 2.75) is 17.7 Å². The van der Waals surface area contributed by atoms with Gasteiger partial charge in [0, 0.05) is 13.0 Å². The number of rotatable bonds is 6. The third-order valence-electron chi connectivity index (χ3n) is 2.72. The molecule has 0 aliphatic heterocycles. The molecule has 0 aliphatic rings. The van der Waals surface area contributed by atoms with Crippen LogP contribution >= 0.6 is 0 Å². The molecular formula is C11H16N6O2S. The third kappa shape index (κ3) is 3.68. The summed E-state index contributed by atoms with van der Waals surface area (Å²) in [5.41, 5.74) is 6.80. The summed E-state index contributed by atoms with van der Waals surface area (Å²) in [6.45, 7) is 0.680. The predicted molar refractivity (Wildman–Crippen MR) is 75.4 cm³/mol. The average molecular weight is 296 g/mol. The second-order valence-corrected chi connectivity index (χ2v) is 5.82. The molecule has 1 heterocycles. The number of aromatic amines is 1. The minimum Gasteiger partial charge on any atom is -0.397 e. The van der Waals surface area contributed by atoms with E-state index in [1.807, 2.05) is 0 Å². The lowest BCUT2D eigenvalue weighted by atomic mass is 10.2. The highest BCUT2D eigenvalue weighted by molar-refractivity contribution is 7.89. The Morgan fingerprint density at radius 3 is 2.75 bits per heavy atom. The van der Waals surface area contributed by atoms with Gasteiger partial charge in [-0.25, -0.2) is 18.5 Å². The number of aryl methyl sites for hydroxylation is 1. The Morgan fingerprint density at radius 2 is 2.15 bits per heavy atom. The summed E-state index contributed by atoms with van der Waals surface area (Å²) in [6.07, 6.45) is 3.07. The lowest BCUT2D eigenvalue weighted by molar-refractivity contribution is 0.598. The van der Waals surface area contributed by atoms with E-state index in [1.54, 1.807) is 6.07 Å². The molecule has 6 N–H and O–H groups in total. The first-order valence-corrected chi connectivity index (χ1v) is 7.52. The molecule has 0 aliphatic carbocycles. The number of hydrogen-bond donors (Lipinski definition) is 4. The zero-order valence-corrected chi connectivity index (χ0v) is 11.5. The largest absolute Gasteiger partial charge is 0.397 e. The molecule has 0 spiro atoms. The Kier molecular flexibility index (Phi) is 4.20. The Morgan fingerprint density at radius 1 is 1.35 bits per heavy atom. The van der Waals surface area contributed by atoms with Crippen molar-refractivity contribution in [2.24, 2.45) is 5.14 Å². The first kappa shape index (κ1) is 14.3. The Labute approximate surface area is 116 Å². The van der Waals surface area contributed by atoms with Crippen molar-refractivity contribution in [1.82, 2.24) is 15.2 Å². The van der Waals surface area contributed by atoms with Crippen LogP contribution in [0.3, 0.4) is 0 Å². The Bertz CT molecular complexity index is 668. The van der Waals surface area contributed by atoms with E-state index >= 15 is 0 Å². The molecule has 2 aromatic rings. The number of nitrogens with zero attached hydrogens (tertiary/aromatic N) is 2. The smallest absolute Gasteiger partial charge is 0.238 e. The highest BCUT2D eigenvalue weighted by Gasteiger charge is 2.09. The number of nitrogen functional groups attached to an aromatic ring is 1. The van der Waals surface area contributed by atoms with Gasteiger partial charge in [0.25, 0.3) is 0 Å². The number of nitrogens with one attached hydrogen (secondary N) is 2. The van der Waals surface area contributed by atoms with Crippen LogP contribution in [0.25, 0.3) is 0 Å². The van der Waals surface area contributed by atoms with Gasteiger partial charge in [-0.1, -0.05) is 0 Å². The summed E-state index contributed by atoms with van der Waals surface area (Å²) in [5, 5.41) is 14.7. The monoisotopic (exact) mass is 296 g/mol. The van der Waals surface area contributed by atoms with E-state index in [0.717, 1.165) is 18.7 Å². The molecule has 2 rings (SSSR count). The van der Waals surface area contributed by atoms with Crippen LogP contribution in [-0.2, 0) is 16.4 Å². The summed E-state index contributed by atoms with van der Waals surface area (Å²) in [7, 11) is -3.72. The molecule has 8 nitrogen and oxygen atoms in total. The molecule has 0 amide bonds. The molecule has 0 bridgehead atoms. The zero-order chi connectivity index (χ0) is 14.6. The number of H-pyrrole nitrogens is 1. The number of aromatic nitrogens is 3. The van der Waals surface area contributed by atoms with Crippen LogP contribution < -0.4 is 16.2 Å². The van der Waals surface area contributed by atoms with Crippen molar-refractivity contribution in [3.05, 3.63) is 30.4 Å². The minimum atomic E-state index is -3.72. The van der Waals surface area contributed by atoms with Gasteiger partial charge in [-0.15, -0.1) is 0 Å². The molecule has 0 radical (unpaired) electrons. The van der Waals surface area contributed by atoms with E-state index in [4.69, 9.17) is 10.9 Å². The maximum Gasteiger partial charge on any atom is 0.238 e. The molecular weight excluding hydrogens is 280 g/mol. The van der Waals surface area contributed by atoms with Gasteiger partial charge in [0.1, 0.15) is 12.2 Å². The van der Waals surface area contributed by atoms with E-state index < -0.39 is 10.0 Å². The fourth-order valence-electron chi connectivity index (χ4n) is 1.71. The first-order chi connectivity index (χ1) is 9.47. The van der Waals surface area contributed by atoms with Crippen LogP contribution in [0.1, 0.15) is 12.2 Å². The summed E-state index contributed by atoms with van der Waals surface area (Å²) in [4.78, 5) is 4.02. The van der Waals surface area contributed by atoms with E-state index in [0.29, 0.717) is 17.9 Å². The van der Waals surface area contributed by atoms with Gasteiger partial charge >= 0.3 is 0 Å². The topological polar surface area (TPSA) is 140 Å². The molecule has 0 unspecified atom stereocenters. The second-order valence-electron chi connectivity index (χ2n) is 4.26. The number of anilines is 2. The van der Waals surface area contributed by atoms with E-state index in [-0.39, 0.29) is 4.90 Å². The van der Waals surface area contributed by atoms with Crippen LogP contribution in [0.15, 0.2) is 29.4 Å². The van der Waals surface area contributed by atoms with Crippen LogP contribution in [0.5, 0.6) is 0 Å². The highest BCUT2D eigenvalue weighted by Crippen LogP contribution is 2.21. The minimum absolute atomic E-state index is 0.00205. The van der Waals surface area contributed by atoms with Crippen molar-refractivity contribution in [2.75, 3.05) is 17.6 Å². The average Bonchev–Trinajstić information content (AvgIpc) is 2.88. The van der Waals surface area contributed by atoms with Gasteiger partial charge in [0.15, 0.2) is 0 Å². The van der Waals surface area contributed by atoms with Crippen LogP contribution in [0.4, 0.5) is 11.4 Å². The van der Waals surface area contributed by atoms with E-state index in [2.05, 4.69) is 20.5 Å². The summed E-state index contributed by atoms with van der Waals surface area (Å²) in [5.74, 6) is 0.823. The zero-order valence-electron chi connectivity index (χ0n) is 10.7. The summed E-state index contributed by atoms with van der Waals surface area (Å²) >= 11 is 0. The Balaban J connectivity index is 1.90. The van der Waals surface area contributed by atoms with Crippen molar-refractivity contribution in [3.8, 4) is 0 Å². The van der Waals surface area contributed by atoms with Crippen molar-refractivity contribution >= 4 is 21.4 Å². The Hall–Kier alpha value is -2.13. The molecule has 0 atom stereocenters. The molecule has 0 saturated heterocycles. The van der Waals surface area contributed by atoms with Crippen molar-refractivity contribution in [3.63, 3.8) is 0 Å². The predicted octanol–water partition coefficient (Wildman–Crippen LogP) is 0.0790. The van der Waals surface area contributed by atoms with Crippen LogP contribution in [-0.4, -0.2) is 30.1 Å². The van der Waals surface area contributed by atoms with Crippen molar-refractivity contribution in [1.29, 1.82) is 0 Å². The van der Waals surface area contributed by atoms with Gasteiger partial charge < -0.3 is 11.1 Å². The molecule has 108 valence electrons. The summed E-state index contributed by atoms with van der Waals surface area (Å²) in [6, 6.07) is 4.36. The maximum atomic E-state index is 11.2. The van der Waals surface area contributed by atoms with Crippen LogP contribution in [0, 0.1) is 0 Å². The standard InChI is InChI=1S/C11H16N6O2S/c12-9-6-8(20(13,18)19)3-4-10(9)14-5-1-2-11-15-7-16-17-11/h3-4,6-7,14H,1-2,5,12H2,(H2,13,18,19)(H,15,16,17). The highest BCUT2D eigenvalue weighted by atomic mass is 32.2. The molecule has 1 aromatic heterocycles.